The molecule has 0 bridgehead atoms. The molecule has 0 atom stereocenters. The van der Waals surface area contributed by atoms with Gasteiger partial charge in [-0.1, -0.05) is 12.1 Å². The summed E-state index contributed by atoms with van der Waals surface area (Å²) in [7, 11) is 0. The van der Waals surface area contributed by atoms with Gasteiger partial charge < -0.3 is 0 Å². The highest BCUT2D eigenvalue weighted by atomic mass is 19.4. The standard InChI is InChI=1S/C16H7F6N3/c1-2-11-7-14-23-12(8-13(16(20,21)22)25(14)24-11)9-3-5-10(6-4-9)15(17,18)19/h1,3-8H. The molecule has 3 rings (SSSR count). The third kappa shape index (κ3) is 3.15. The number of halogens is 6. The van der Waals surface area contributed by atoms with Crippen LogP contribution in [0.15, 0.2) is 36.4 Å². The minimum absolute atomic E-state index is 0.0393. The second-order valence-electron chi connectivity index (χ2n) is 5.04. The van der Waals surface area contributed by atoms with Crippen LogP contribution in [0.25, 0.3) is 16.9 Å². The molecule has 0 N–H and O–H groups in total. The lowest BCUT2D eigenvalue weighted by Gasteiger charge is -2.11. The van der Waals surface area contributed by atoms with Gasteiger partial charge >= 0.3 is 12.4 Å². The maximum atomic E-state index is 13.3. The van der Waals surface area contributed by atoms with Gasteiger partial charge in [0.05, 0.1) is 11.3 Å². The number of alkyl halides is 6. The normalized spacial score (nSPS) is 12.4. The molecule has 2 aromatic heterocycles. The highest BCUT2D eigenvalue weighted by Gasteiger charge is 2.35. The van der Waals surface area contributed by atoms with Crippen molar-refractivity contribution in [2.45, 2.75) is 12.4 Å². The lowest BCUT2D eigenvalue weighted by molar-refractivity contribution is -0.142. The molecule has 0 radical (unpaired) electrons. The minimum atomic E-state index is -4.75. The lowest BCUT2D eigenvalue weighted by Crippen LogP contribution is -2.13. The molecule has 0 amide bonds. The largest absolute Gasteiger partial charge is 0.433 e. The fourth-order valence-electron chi connectivity index (χ4n) is 2.22. The van der Waals surface area contributed by atoms with E-state index in [1.807, 2.05) is 0 Å². The van der Waals surface area contributed by atoms with E-state index in [1.165, 1.54) is 6.07 Å². The Morgan fingerprint density at radius 1 is 0.920 bits per heavy atom. The third-order valence-corrected chi connectivity index (χ3v) is 3.37. The maximum absolute atomic E-state index is 13.3. The van der Waals surface area contributed by atoms with Crippen molar-refractivity contribution in [2.75, 3.05) is 0 Å². The Bertz CT molecular complexity index is 974. The number of terminal acetylenes is 1. The number of rotatable bonds is 1. The Labute approximate surface area is 136 Å². The first-order chi connectivity index (χ1) is 11.6. The van der Waals surface area contributed by atoms with Crippen LogP contribution >= 0.6 is 0 Å². The topological polar surface area (TPSA) is 30.2 Å². The second-order valence-corrected chi connectivity index (χ2v) is 5.04. The van der Waals surface area contributed by atoms with Crippen molar-refractivity contribution >= 4 is 5.65 Å². The van der Waals surface area contributed by atoms with Gasteiger partial charge in [-0.15, -0.1) is 6.42 Å². The van der Waals surface area contributed by atoms with Crippen LogP contribution < -0.4 is 0 Å². The number of aromatic nitrogens is 3. The van der Waals surface area contributed by atoms with Gasteiger partial charge in [-0.3, -0.25) is 0 Å². The van der Waals surface area contributed by atoms with E-state index in [-0.39, 0.29) is 22.6 Å². The summed E-state index contributed by atoms with van der Waals surface area (Å²) in [6.45, 7) is 0. The van der Waals surface area contributed by atoms with Gasteiger partial charge in [0.1, 0.15) is 5.69 Å². The smallest absolute Gasteiger partial charge is 0.228 e. The number of nitrogens with zero attached hydrogens (tertiary/aromatic N) is 3. The second kappa shape index (κ2) is 5.51. The van der Waals surface area contributed by atoms with E-state index in [4.69, 9.17) is 6.42 Å². The van der Waals surface area contributed by atoms with Crippen LogP contribution in [-0.4, -0.2) is 14.6 Å². The molecule has 0 aliphatic rings. The van der Waals surface area contributed by atoms with Crippen LogP contribution in [0, 0.1) is 12.3 Å². The molecule has 0 saturated carbocycles. The predicted molar refractivity (Wildman–Crippen MR) is 76.4 cm³/mol. The molecule has 0 saturated heterocycles. The molecule has 25 heavy (non-hydrogen) atoms. The summed E-state index contributed by atoms with van der Waals surface area (Å²) in [6.07, 6.45) is -4.15. The third-order valence-electron chi connectivity index (χ3n) is 3.37. The zero-order chi connectivity index (χ0) is 18.4. The molecular formula is C16H7F6N3. The molecule has 3 nitrogen and oxygen atoms in total. The van der Waals surface area contributed by atoms with E-state index in [0.717, 1.165) is 24.3 Å². The molecule has 0 unspecified atom stereocenters. The summed E-state index contributed by atoms with van der Waals surface area (Å²) >= 11 is 0. The molecule has 9 heteroatoms. The Hall–Kier alpha value is -3.02. The van der Waals surface area contributed by atoms with E-state index in [0.29, 0.717) is 10.6 Å². The van der Waals surface area contributed by atoms with Gasteiger partial charge in [0, 0.05) is 11.6 Å². The number of hydrogen-bond donors (Lipinski definition) is 0. The first kappa shape index (κ1) is 16.8. The zero-order valence-electron chi connectivity index (χ0n) is 12.2. The van der Waals surface area contributed by atoms with Crippen LogP contribution in [0.5, 0.6) is 0 Å². The van der Waals surface area contributed by atoms with Crippen LogP contribution in [-0.2, 0) is 12.4 Å². The summed E-state index contributed by atoms with van der Waals surface area (Å²) < 4.78 is 78.1. The summed E-state index contributed by atoms with van der Waals surface area (Å²) in [6, 6.07) is 5.56. The molecule has 0 spiro atoms. The highest BCUT2D eigenvalue weighted by Crippen LogP contribution is 2.34. The van der Waals surface area contributed by atoms with Gasteiger partial charge in [-0.05, 0) is 24.1 Å². The average Bonchev–Trinajstić information content (AvgIpc) is 2.95. The van der Waals surface area contributed by atoms with Crippen molar-refractivity contribution in [3.63, 3.8) is 0 Å². The monoisotopic (exact) mass is 355 g/mol. The molecule has 128 valence electrons. The molecular weight excluding hydrogens is 348 g/mol. The van der Waals surface area contributed by atoms with E-state index in [2.05, 4.69) is 16.0 Å². The molecule has 0 fully saturated rings. The van der Waals surface area contributed by atoms with Crippen molar-refractivity contribution in [2.24, 2.45) is 0 Å². The van der Waals surface area contributed by atoms with Gasteiger partial charge in [0.15, 0.2) is 11.3 Å². The molecule has 3 aromatic rings. The Morgan fingerprint density at radius 3 is 2.08 bits per heavy atom. The summed E-state index contributed by atoms with van der Waals surface area (Å²) in [5, 5.41) is 3.63. The van der Waals surface area contributed by atoms with Crippen molar-refractivity contribution in [1.82, 2.24) is 14.6 Å². The van der Waals surface area contributed by atoms with E-state index in [1.54, 1.807) is 0 Å². The molecule has 0 aliphatic carbocycles. The van der Waals surface area contributed by atoms with E-state index >= 15 is 0 Å². The lowest BCUT2D eigenvalue weighted by atomic mass is 10.1. The maximum Gasteiger partial charge on any atom is 0.433 e. The Morgan fingerprint density at radius 2 is 1.56 bits per heavy atom. The SMILES string of the molecule is C#Cc1cc2nc(-c3ccc(C(F)(F)F)cc3)cc(C(F)(F)F)n2n1. The predicted octanol–water partition coefficient (Wildman–Crippen LogP) is 4.42. The number of hydrogen-bond acceptors (Lipinski definition) is 2. The van der Waals surface area contributed by atoms with Gasteiger partial charge in [-0.2, -0.15) is 31.4 Å². The molecule has 0 aliphatic heterocycles. The molecule has 2 heterocycles. The van der Waals surface area contributed by atoms with E-state index in [9.17, 15) is 26.3 Å². The van der Waals surface area contributed by atoms with Crippen molar-refractivity contribution < 1.29 is 26.3 Å². The number of fused-ring (bicyclic) bond motifs is 1. The van der Waals surface area contributed by atoms with Crippen molar-refractivity contribution in [1.29, 1.82) is 0 Å². The van der Waals surface area contributed by atoms with Crippen LogP contribution in [0.1, 0.15) is 17.0 Å². The highest BCUT2D eigenvalue weighted by molar-refractivity contribution is 5.63. The number of benzene rings is 1. The fraction of sp³-hybridized carbons (Fsp3) is 0.125. The Balaban J connectivity index is 2.18. The first-order valence-electron chi connectivity index (χ1n) is 6.72. The minimum Gasteiger partial charge on any atom is -0.228 e. The molecule has 1 aromatic carbocycles. The summed E-state index contributed by atoms with van der Waals surface area (Å²) in [5.41, 5.74) is -2.28. The van der Waals surface area contributed by atoms with Crippen molar-refractivity contribution in [3.05, 3.63) is 53.3 Å². The van der Waals surface area contributed by atoms with Crippen LogP contribution in [0.4, 0.5) is 26.3 Å². The first-order valence-corrected chi connectivity index (χ1v) is 6.72. The quantitative estimate of drug-likeness (QED) is 0.478. The average molecular weight is 355 g/mol. The summed E-state index contributed by atoms with van der Waals surface area (Å²) in [4.78, 5) is 4.00. The van der Waals surface area contributed by atoms with E-state index < -0.39 is 23.6 Å². The van der Waals surface area contributed by atoms with Gasteiger partial charge in [-0.25, -0.2) is 9.50 Å². The van der Waals surface area contributed by atoms with Crippen LogP contribution in [0.3, 0.4) is 0 Å². The summed E-state index contributed by atoms with van der Waals surface area (Å²) in [5.74, 6) is 2.11. The van der Waals surface area contributed by atoms with Gasteiger partial charge in [0.25, 0.3) is 0 Å². The zero-order valence-corrected chi connectivity index (χ0v) is 12.2. The van der Waals surface area contributed by atoms with Crippen molar-refractivity contribution in [3.8, 4) is 23.6 Å². The van der Waals surface area contributed by atoms with Gasteiger partial charge in [0.2, 0.25) is 0 Å². The van der Waals surface area contributed by atoms with Crippen LogP contribution in [0.2, 0.25) is 0 Å². The Kier molecular flexibility index (Phi) is 3.71. The fourth-order valence-corrected chi connectivity index (χ4v) is 2.22.